The first-order valence-electron chi connectivity index (χ1n) is 5.81. The molecule has 0 saturated carbocycles. The first kappa shape index (κ1) is 15.6. The number of nitrogens with zero attached hydrogens (tertiary/aromatic N) is 1. The highest BCUT2D eigenvalue weighted by atomic mass is 79.9. The lowest BCUT2D eigenvalue weighted by molar-refractivity contribution is -0.385. The van der Waals surface area contributed by atoms with Crippen molar-refractivity contribution >= 4 is 33.2 Å². The van der Waals surface area contributed by atoms with Crippen LogP contribution in [0.15, 0.2) is 22.7 Å². The lowest BCUT2D eigenvalue weighted by Gasteiger charge is -2.14. The molecule has 1 aromatic rings. The summed E-state index contributed by atoms with van der Waals surface area (Å²) in [4.78, 5) is 22.1. The molecule has 1 amide bonds. The minimum atomic E-state index is -0.622. The average Bonchev–Trinajstić information content (AvgIpc) is 2.30. The van der Waals surface area contributed by atoms with Crippen LogP contribution in [0.2, 0.25) is 0 Å². The molecule has 0 unspecified atom stereocenters. The smallest absolute Gasteiger partial charge is 0.285 e. The summed E-state index contributed by atoms with van der Waals surface area (Å²) in [5, 5.41) is 13.4. The maximum atomic E-state index is 11.8. The largest absolute Gasteiger partial charge is 0.324 e. The number of nitrogens with two attached hydrogens (primary N) is 1. The van der Waals surface area contributed by atoms with Gasteiger partial charge in [-0.1, -0.05) is 13.8 Å². The van der Waals surface area contributed by atoms with E-state index in [1.807, 2.05) is 13.8 Å². The molecule has 0 aromatic heterocycles. The lowest BCUT2D eigenvalue weighted by atomic mass is 10.0. The van der Waals surface area contributed by atoms with E-state index >= 15 is 0 Å². The van der Waals surface area contributed by atoms with E-state index in [2.05, 4.69) is 21.2 Å². The minimum Gasteiger partial charge on any atom is -0.324 e. The Morgan fingerprint density at radius 1 is 1.53 bits per heavy atom. The van der Waals surface area contributed by atoms with Crippen LogP contribution in [0.3, 0.4) is 0 Å². The van der Waals surface area contributed by atoms with Gasteiger partial charge in [0.05, 0.1) is 15.4 Å². The number of nitro groups is 1. The van der Waals surface area contributed by atoms with Gasteiger partial charge in [-0.3, -0.25) is 14.9 Å². The second kappa shape index (κ2) is 6.63. The summed E-state index contributed by atoms with van der Waals surface area (Å²) in [7, 11) is 0. The number of amides is 1. The Labute approximate surface area is 119 Å². The summed E-state index contributed by atoms with van der Waals surface area (Å²) < 4.78 is 0.363. The number of hydrogen-bond donors (Lipinski definition) is 2. The van der Waals surface area contributed by atoms with Crippen molar-refractivity contribution in [2.75, 3.05) is 5.32 Å². The molecule has 0 aliphatic heterocycles. The van der Waals surface area contributed by atoms with Gasteiger partial charge in [-0.05, 0) is 40.4 Å². The third-order valence-corrected chi connectivity index (χ3v) is 3.14. The summed E-state index contributed by atoms with van der Waals surface area (Å²) in [5.41, 5.74) is 6.00. The molecule has 0 aliphatic carbocycles. The van der Waals surface area contributed by atoms with Crippen LogP contribution in [0.4, 0.5) is 11.4 Å². The van der Waals surface area contributed by atoms with Crippen LogP contribution in [0.5, 0.6) is 0 Å². The van der Waals surface area contributed by atoms with Gasteiger partial charge in [-0.15, -0.1) is 0 Å². The van der Waals surface area contributed by atoms with Crippen LogP contribution < -0.4 is 11.1 Å². The van der Waals surface area contributed by atoms with Crippen molar-refractivity contribution in [2.24, 2.45) is 11.7 Å². The number of benzene rings is 1. The third kappa shape index (κ3) is 4.60. The molecule has 3 N–H and O–H groups in total. The van der Waals surface area contributed by atoms with E-state index < -0.39 is 11.0 Å². The number of anilines is 1. The van der Waals surface area contributed by atoms with Crippen LogP contribution >= 0.6 is 15.9 Å². The first-order chi connectivity index (χ1) is 8.81. The number of carbonyl (C=O) groups excluding carboxylic acids is 1. The molecule has 0 bridgehead atoms. The van der Waals surface area contributed by atoms with Gasteiger partial charge in [0.25, 0.3) is 5.69 Å². The molecule has 0 spiro atoms. The van der Waals surface area contributed by atoms with Gasteiger partial charge in [0.15, 0.2) is 0 Å². The first-order valence-corrected chi connectivity index (χ1v) is 6.61. The van der Waals surface area contributed by atoms with Crippen molar-refractivity contribution < 1.29 is 9.72 Å². The van der Waals surface area contributed by atoms with Crippen LogP contribution in [-0.4, -0.2) is 16.9 Å². The van der Waals surface area contributed by atoms with Gasteiger partial charge in [-0.25, -0.2) is 0 Å². The highest BCUT2D eigenvalue weighted by Crippen LogP contribution is 2.27. The Morgan fingerprint density at radius 3 is 2.68 bits per heavy atom. The van der Waals surface area contributed by atoms with Crippen molar-refractivity contribution in [3.05, 3.63) is 32.8 Å². The monoisotopic (exact) mass is 329 g/mol. The van der Waals surface area contributed by atoms with Crippen LogP contribution in [0.25, 0.3) is 0 Å². The second-order valence-electron chi connectivity index (χ2n) is 4.65. The Bertz CT molecular complexity index is 491. The minimum absolute atomic E-state index is 0.102. The lowest BCUT2D eigenvalue weighted by Crippen LogP contribution is -2.36. The fourth-order valence-corrected chi connectivity index (χ4v) is 1.97. The van der Waals surface area contributed by atoms with Gasteiger partial charge >= 0.3 is 0 Å². The van der Waals surface area contributed by atoms with Gasteiger partial charge in [0, 0.05) is 11.8 Å². The molecule has 0 saturated heterocycles. The van der Waals surface area contributed by atoms with Crippen molar-refractivity contribution in [1.82, 2.24) is 0 Å². The van der Waals surface area contributed by atoms with Crippen molar-refractivity contribution in [1.29, 1.82) is 0 Å². The van der Waals surface area contributed by atoms with E-state index in [4.69, 9.17) is 5.73 Å². The standard InChI is InChI=1S/C12H16BrN3O3/c1-7(2)5-10(14)12(17)15-8-3-4-9(13)11(6-8)16(18)19/h3-4,6-7,10H,5,14H2,1-2H3,(H,15,17)/t10-/m1/s1. The highest BCUT2D eigenvalue weighted by molar-refractivity contribution is 9.10. The van der Waals surface area contributed by atoms with Crippen LogP contribution in [0.1, 0.15) is 20.3 Å². The molecule has 0 fully saturated rings. The summed E-state index contributed by atoms with van der Waals surface area (Å²) in [6.45, 7) is 3.94. The molecule has 104 valence electrons. The maximum Gasteiger partial charge on any atom is 0.285 e. The highest BCUT2D eigenvalue weighted by Gasteiger charge is 2.17. The molecule has 0 radical (unpaired) electrons. The number of nitrogens with one attached hydrogen (secondary N) is 1. The third-order valence-electron chi connectivity index (χ3n) is 2.47. The molecule has 7 heteroatoms. The maximum absolute atomic E-state index is 11.8. The second-order valence-corrected chi connectivity index (χ2v) is 5.50. The molecule has 0 heterocycles. The number of hydrogen-bond acceptors (Lipinski definition) is 4. The number of halogens is 1. The normalized spacial score (nSPS) is 12.3. The molecule has 1 aromatic carbocycles. The van der Waals surface area contributed by atoms with Crippen LogP contribution in [0, 0.1) is 16.0 Å². The molecular formula is C12H16BrN3O3. The number of carbonyl (C=O) groups is 1. The van der Waals surface area contributed by atoms with E-state index in [0.717, 1.165) is 0 Å². The average molecular weight is 330 g/mol. The van der Waals surface area contributed by atoms with E-state index in [-0.39, 0.29) is 11.6 Å². The number of nitro benzene ring substituents is 1. The fourth-order valence-electron chi connectivity index (χ4n) is 1.58. The predicted molar refractivity (Wildman–Crippen MR) is 76.9 cm³/mol. The summed E-state index contributed by atoms with van der Waals surface area (Å²) >= 11 is 3.08. The van der Waals surface area contributed by atoms with Crippen molar-refractivity contribution in [2.45, 2.75) is 26.3 Å². The van der Waals surface area contributed by atoms with Crippen LogP contribution in [-0.2, 0) is 4.79 Å². The van der Waals surface area contributed by atoms with Crippen molar-refractivity contribution in [3.8, 4) is 0 Å². The van der Waals surface area contributed by atoms with E-state index in [0.29, 0.717) is 22.5 Å². The molecular weight excluding hydrogens is 314 g/mol. The predicted octanol–water partition coefficient (Wildman–Crippen LogP) is 2.67. The van der Waals surface area contributed by atoms with E-state index in [9.17, 15) is 14.9 Å². The van der Waals surface area contributed by atoms with E-state index in [1.165, 1.54) is 12.1 Å². The van der Waals surface area contributed by atoms with Gasteiger partial charge in [0.2, 0.25) is 5.91 Å². The topological polar surface area (TPSA) is 98.3 Å². The quantitative estimate of drug-likeness (QED) is 0.640. The van der Waals surface area contributed by atoms with Gasteiger partial charge in [-0.2, -0.15) is 0 Å². The van der Waals surface area contributed by atoms with Gasteiger partial charge < -0.3 is 11.1 Å². The Hall–Kier alpha value is -1.47. The summed E-state index contributed by atoms with van der Waals surface area (Å²) in [6, 6.07) is 3.77. The number of rotatable bonds is 5. The zero-order valence-electron chi connectivity index (χ0n) is 10.7. The summed E-state index contributed by atoms with van der Waals surface area (Å²) in [6.07, 6.45) is 0.560. The molecule has 1 atom stereocenters. The summed E-state index contributed by atoms with van der Waals surface area (Å²) in [5.74, 6) is -0.0367. The van der Waals surface area contributed by atoms with Crippen molar-refractivity contribution in [3.63, 3.8) is 0 Å². The molecule has 0 aliphatic rings. The molecule has 6 nitrogen and oxygen atoms in total. The zero-order valence-corrected chi connectivity index (χ0v) is 12.3. The Balaban J connectivity index is 2.80. The molecule has 1 rings (SSSR count). The SMILES string of the molecule is CC(C)C[C@@H](N)C(=O)Nc1ccc(Br)c([N+](=O)[O-])c1. The zero-order chi connectivity index (χ0) is 14.6. The Morgan fingerprint density at radius 2 is 2.16 bits per heavy atom. The van der Waals surface area contributed by atoms with E-state index in [1.54, 1.807) is 6.07 Å². The van der Waals surface area contributed by atoms with Gasteiger partial charge in [0.1, 0.15) is 0 Å². The Kier molecular flexibility index (Phi) is 5.44. The molecule has 19 heavy (non-hydrogen) atoms. The fraction of sp³-hybridized carbons (Fsp3) is 0.417.